The van der Waals surface area contributed by atoms with Gasteiger partial charge in [0.15, 0.2) is 0 Å². The molecule has 0 radical (unpaired) electrons. The minimum absolute atomic E-state index is 0. The van der Waals surface area contributed by atoms with Crippen LogP contribution in [0.25, 0.3) is 10.9 Å². The molecule has 0 amide bonds. The van der Waals surface area contributed by atoms with Crippen molar-refractivity contribution in [1.82, 2.24) is 9.88 Å². The van der Waals surface area contributed by atoms with Gasteiger partial charge in [-0.1, -0.05) is 29.8 Å². The van der Waals surface area contributed by atoms with Gasteiger partial charge in [-0.25, -0.2) is 8.42 Å². The Morgan fingerprint density at radius 1 is 1.11 bits per heavy atom. The highest BCUT2D eigenvalue weighted by Crippen LogP contribution is 2.44. The van der Waals surface area contributed by atoms with Gasteiger partial charge >= 0.3 is 0 Å². The quantitative estimate of drug-likeness (QED) is 0.663. The standard InChI is InChI=1S/C20H19ClN2O2S.ClH/c1-23-18-9-12-7-8-17(22-12)19(18)15-10-14(11-16(21)20(15)23)26(24,25)13-5-3-2-4-6-13;/h2-6,10-12,17,22H,7-9H2,1H3;1H. The number of rotatable bonds is 2. The van der Waals surface area contributed by atoms with E-state index in [1.807, 2.05) is 19.2 Å². The van der Waals surface area contributed by atoms with Crippen LogP contribution in [0.2, 0.25) is 5.02 Å². The largest absolute Gasteiger partial charge is 0.346 e. The van der Waals surface area contributed by atoms with E-state index < -0.39 is 9.84 Å². The van der Waals surface area contributed by atoms with E-state index in [0.717, 1.165) is 30.2 Å². The van der Waals surface area contributed by atoms with Crippen LogP contribution in [0.5, 0.6) is 0 Å². The van der Waals surface area contributed by atoms with Crippen molar-refractivity contribution in [3.63, 3.8) is 0 Å². The number of fused-ring (bicyclic) bond motifs is 6. The second-order valence-corrected chi connectivity index (χ2v) is 9.59. The van der Waals surface area contributed by atoms with Crippen LogP contribution in [-0.4, -0.2) is 19.0 Å². The van der Waals surface area contributed by atoms with Crippen molar-refractivity contribution in [1.29, 1.82) is 0 Å². The van der Waals surface area contributed by atoms with Crippen molar-refractivity contribution in [2.75, 3.05) is 0 Å². The molecule has 3 heterocycles. The molecule has 3 aromatic rings. The molecule has 2 unspecified atom stereocenters. The van der Waals surface area contributed by atoms with E-state index in [-0.39, 0.29) is 23.3 Å². The van der Waals surface area contributed by atoms with Crippen molar-refractivity contribution < 1.29 is 8.42 Å². The maximum absolute atomic E-state index is 13.1. The van der Waals surface area contributed by atoms with Gasteiger partial charge in [-0.15, -0.1) is 12.4 Å². The van der Waals surface area contributed by atoms with Gasteiger partial charge in [-0.2, -0.15) is 0 Å². The Kier molecular flexibility index (Phi) is 4.54. The molecule has 4 nitrogen and oxygen atoms in total. The Labute approximate surface area is 169 Å². The molecule has 1 fully saturated rings. The van der Waals surface area contributed by atoms with E-state index in [2.05, 4.69) is 9.88 Å². The fourth-order valence-corrected chi connectivity index (χ4v) is 6.30. The second kappa shape index (κ2) is 6.52. The first-order valence-electron chi connectivity index (χ1n) is 8.83. The Hall–Kier alpha value is -1.53. The molecule has 2 aliphatic heterocycles. The number of benzene rings is 2. The van der Waals surface area contributed by atoms with E-state index in [0.29, 0.717) is 16.0 Å². The van der Waals surface area contributed by atoms with Crippen molar-refractivity contribution in [2.45, 2.75) is 41.1 Å². The van der Waals surface area contributed by atoms with Crippen molar-refractivity contribution in [3.05, 3.63) is 58.7 Å². The lowest BCUT2D eigenvalue weighted by Crippen LogP contribution is -2.32. The van der Waals surface area contributed by atoms with Gasteiger partial charge in [-0.3, -0.25) is 0 Å². The zero-order chi connectivity index (χ0) is 18.1. The van der Waals surface area contributed by atoms with Crippen LogP contribution in [-0.2, 0) is 23.3 Å². The topological polar surface area (TPSA) is 51.1 Å². The van der Waals surface area contributed by atoms with E-state index in [1.165, 1.54) is 11.3 Å². The van der Waals surface area contributed by atoms with Gasteiger partial charge < -0.3 is 9.88 Å². The number of sulfone groups is 1. The Balaban J connectivity index is 0.00000180. The maximum atomic E-state index is 13.1. The highest BCUT2D eigenvalue weighted by molar-refractivity contribution is 7.91. The molecule has 5 rings (SSSR count). The van der Waals surface area contributed by atoms with Gasteiger partial charge in [0.25, 0.3) is 0 Å². The summed E-state index contributed by atoms with van der Waals surface area (Å²) in [7, 11) is -1.57. The van der Waals surface area contributed by atoms with E-state index in [1.54, 1.807) is 30.3 Å². The lowest BCUT2D eigenvalue weighted by Gasteiger charge is -2.23. The fraction of sp³-hybridized carbons (Fsp3) is 0.300. The SMILES string of the molecule is Cl.Cn1c2c(c3cc(S(=O)(=O)c4ccccc4)cc(Cl)c31)C1CCC(C2)N1. The van der Waals surface area contributed by atoms with Crippen LogP contribution in [0.1, 0.15) is 30.1 Å². The Morgan fingerprint density at radius 2 is 1.85 bits per heavy atom. The lowest BCUT2D eigenvalue weighted by molar-refractivity contribution is 0.503. The summed E-state index contributed by atoms with van der Waals surface area (Å²) in [4.78, 5) is 0.550. The zero-order valence-corrected chi connectivity index (χ0v) is 17.2. The molecule has 1 aromatic heterocycles. The van der Waals surface area contributed by atoms with Crippen LogP contribution in [0.4, 0.5) is 0 Å². The minimum Gasteiger partial charge on any atom is -0.346 e. The number of halogens is 2. The number of hydrogen-bond donors (Lipinski definition) is 1. The number of aryl methyl sites for hydroxylation is 1. The lowest BCUT2D eigenvalue weighted by atomic mass is 9.99. The zero-order valence-electron chi connectivity index (χ0n) is 14.8. The normalized spacial score (nSPS) is 21.1. The molecule has 0 spiro atoms. The molecule has 2 aliphatic rings. The van der Waals surface area contributed by atoms with Crippen LogP contribution in [0, 0.1) is 0 Å². The molecule has 27 heavy (non-hydrogen) atoms. The molecule has 0 saturated carbocycles. The number of nitrogens with zero attached hydrogens (tertiary/aromatic N) is 1. The summed E-state index contributed by atoms with van der Waals surface area (Å²) in [5.41, 5.74) is 3.43. The molecule has 2 atom stereocenters. The second-order valence-electron chi connectivity index (χ2n) is 7.23. The van der Waals surface area contributed by atoms with Gasteiger partial charge in [0.05, 0.1) is 20.3 Å². The average molecular weight is 423 g/mol. The fourth-order valence-electron chi connectivity index (χ4n) is 4.56. The molecular weight excluding hydrogens is 403 g/mol. The predicted molar refractivity (Wildman–Crippen MR) is 110 cm³/mol. The molecule has 1 N–H and O–H groups in total. The van der Waals surface area contributed by atoms with Crippen LogP contribution < -0.4 is 5.32 Å². The molecule has 2 aromatic carbocycles. The summed E-state index contributed by atoms with van der Waals surface area (Å²) in [6.07, 6.45) is 3.22. The summed E-state index contributed by atoms with van der Waals surface area (Å²) in [5.74, 6) is 0. The molecule has 0 aliphatic carbocycles. The van der Waals surface area contributed by atoms with Crippen LogP contribution in [0.3, 0.4) is 0 Å². The summed E-state index contributed by atoms with van der Waals surface area (Å²) >= 11 is 6.58. The third kappa shape index (κ3) is 2.71. The number of hydrogen-bond acceptors (Lipinski definition) is 3. The van der Waals surface area contributed by atoms with Crippen molar-refractivity contribution in [2.24, 2.45) is 7.05 Å². The monoisotopic (exact) mass is 422 g/mol. The predicted octanol–water partition coefficient (Wildman–Crippen LogP) is 4.44. The third-order valence-corrected chi connectivity index (χ3v) is 7.81. The first-order chi connectivity index (χ1) is 12.5. The first-order valence-corrected chi connectivity index (χ1v) is 10.7. The Bertz CT molecular complexity index is 1140. The van der Waals surface area contributed by atoms with E-state index >= 15 is 0 Å². The average Bonchev–Trinajstić information content (AvgIpc) is 3.15. The van der Waals surface area contributed by atoms with E-state index in [9.17, 15) is 8.42 Å². The number of aromatic nitrogens is 1. The van der Waals surface area contributed by atoms with Crippen LogP contribution >= 0.6 is 24.0 Å². The number of nitrogens with one attached hydrogen (secondary N) is 1. The van der Waals surface area contributed by atoms with Gasteiger partial charge in [-0.05, 0) is 42.7 Å². The Morgan fingerprint density at radius 3 is 2.59 bits per heavy atom. The summed E-state index contributed by atoms with van der Waals surface area (Å²) in [5, 5.41) is 5.11. The highest BCUT2D eigenvalue weighted by atomic mass is 35.5. The van der Waals surface area contributed by atoms with Gasteiger partial charge in [0, 0.05) is 36.6 Å². The van der Waals surface area contributed by atoms with Gasteiger partial charge in [0.2, 0.25) is 9.84 Å². The molecule has 142 valence electrons. The molecule has 1 saturated heterocycles. The highest BCUT2D eigenvalue weighted by Gasteiger charge is 2.36. The summed E-state index contributed by atoms with van der Waals surface area (Å²) < 4.78 is 28.3. The smallest absolute Gasteiger partial charge is 0.206 e. The summed E-state index contributed by atoms with van der Waals surface area (Å²) in [6.45, 7) is 0. The van der Waals surface area contributed by atoms with Crippen molar-refractivity contribution >= 4 is 44.7 Å². The van der Waals surface area contributed by atoms with E-state index in [4.69, 9.17) is 11.6 Å². The first kappa shape index (κ1) is 18.8. The molecule has 7 heteroatoms. The molecule has 2 bridgehead atoms. The minimum atomic E-state index is -3.60. The molecular formula is C20H20Cl2N2O2S. The van der Waals surface area contributed by atoms with Crippen molar-refractivity contribution in [3.8, 4) is 0 Å². The summed E-state index contributed by atoms with van der Waals surface area (Å²) in [6, 6.07) is 12.7. The maximum Gasteiger partial charge on any atom is 0.206 e. The van der Waals surface area contributed by atoms with Crippen LogP contribution in [0.15, 0.2) is 52.3 Å². The third-order valence-electron chi connectivity index (χ3n) is 5.77. The van der Waals surface area contributed by atoms with Gasteiger partial charge in [0.1, 0.15) is 0 Å².